The number of hydrogen-bond acceptors (Lipinski definition) is 3. The molecule has 0 amide bonds. The molecule has 1 aromatic carbocycles. The highest BCUT2D eigenvalue weighted by Crippen LogP contribution is 2.18. The van der Waals surface area contributed by atoms with Gasteiger partial charge in [-0.05, 0) is 30.0 Å². The van der Waals surface area contributed by atoms with Crippen molar-refractivity contribution >= 4 is 5.69 Å². The molecule has 0 spiro atoms. The minimum absolute atomic E-state index is 0.240. The molecule has 0 saturated heterocycles. The number of nitrogens with two attached hydrogens (primary N) is 1. The molecule has 1 atom stereocenters. The first-order chi connectivity index (χ1) is 7.71. The third-order valence-electron chi connectivity index (χ3n) is 2.75. The van der Waals surface area contributed by atoms with E-state index in [9.17, 15) is 5.11 Å². The van der Waals surface area contributed by atoms with Crippen molar-refractivity contribution in [2.75, 3.05) is 12.4 Å². The highest BCUT2D eigenvalue weighted by atomic mass is 16.3. The van der Waals surface area contributed by atoms with Gasteiger partial charge in [0.15, 0.2) is 0 Å². The van der Waals surface area contributed by atoms with Gasteiger partial charge in [-0.3, -0.25) is 0 Å². The largest absolute Gasteiger partial charge is 0.393 e. The Kier molecular flexibility index (Phi) is 5.29. The Bertz CT molecular complexity index is 326. The molecule has 0 aliphatic carbocycles. The molecule has 1 unspecified atom stereocenters. The van der Waals surface area contributed by atoms with Crippen molar-refractivity contribution in [1.29, 1.82) is 0 Å². The molecule has 0 aromatic heterocycles. The van der Waals surface area contributed by atoms with Crippen LogP contribution >= 0.6 is 0 Å². The van der Waals surface area contributed by atoms with E-state index in [-0.39, 0.29) is 6.10 Å². The Hall–Kier alpha value is -1.06. The number of nitrogens with one attached hydrogen (secondary N) is 1. The van der Waals surface area contributed by atoms with Crippen LogP contribution in [0.25, 0.3) is 0 Å². The smallest absolute Gasteiger partial charge is 0.0580 e. The summed E-state index contributed by atoms with van der Waals surface area (Å²) in [5.41, 5.74) is 9.00. The predicted octanol–water partition coefficient (Wildman–Crippen LogP) is 1.89. The van der Waals surface area contributed by atoms with Crippen molar-refractivity contribution in [2.45, 2.75) is 38.8 Å². The molecule has 1 rings (SSSR count). The van der Waals surface area contributed by atoms with E-state index in [0.717, 1.165) is 29.7 Å². The maximum Gasteiger partial charge on any atom is 0.0580 e. The van der Waals surface area contributed by atoms with Crippen LogP contribution in [0.2, 0.25) is 0 Å². The molecule has 0 bridgehead atoms. The van der Waals surface area contributed by atoms with Crippen LogP contribution in [0.1, 0.15) is 30.9 Å². The van der Waals surface area contributed by atoms with Crippen LogP contribution in [-0.4, -0.2) is 18.3 Å². The lowest BCUT2D eigenvalue weighted by molar-refractivity contribution is 0.164. The maximum absolute atomic E-state index is 9.75. The second kappa shape index (κ2) is 6.51. The third-order valence-corrected chi connectivity index (χ3v) is 2.75. The van der Waals surface area contributed by atoms with Crippen molar-refractivity contribution < 1.29 is 5.11 Å². The average molecular weight is 222 g/mol. The number of aliphatic hydroxyl groups is 1. The summed E-state index contributed by atoms with van der Waals surface area (Å²) in [4.78, 5) is 0. The molecule has 0 aliphatic rings. The fraction of sp³-hybridized carbons (Fsp3) is 0.538. The number of aliphatic hydroxyl groups excluding tert-OH is 1. The normalized spacial score (nSPS) is 12.5. The van der Waals surface area contributed by atoms with Gasteiger partial charge >= 0.3 is 0 Å². The van der Waals surface area contributed by atoms with Gasteiger partial charge in [0.1, 0.15) is 0 Å². The summed E-state index contributed by atoms with van der Waals surface area (Å²) in [7, 11) is 1.89. The molecule has 1 aromatic rings. The summed E-state index contributed by atoms with van der Waals surface area (Å²) in [6.45, 7) is 2.60. The van der Waals surface area contributed by atoms with Crippen LogP contribution in [0.5, 0.6) is 0 Å². The van der Waals surface area contributed by atoms with Crippen molar-refractivity contribution in [2.24, 2.45) is 5.73 Å². The van der Waals surface area contributed by atoms with E-state index < -0.39 is 0 Å². The first kappa shape index (κ1) is 13.0. The lowest BCUT2D eigenvalue weighted by atomic mass is 10.0. The zero-order valence-electron chi connectivity index (χ0n) is 10.2. The highest BCUT2D eigenvalue weighted by Gasteiger charge is 2.06. The quantitative estimate of drug-likeness (QED) is 0.689. The zero-order valence-corrected chi connectivity index (χ0v) is 10.2. The number of hydrogen-bond donors (Lipinski definition) is 3. The van der Waals surface area contributed by atoms with Gasteiger partial charge < -0.3 is 16.2 Å². The van der Waals surface area contributed by atoms with E-state index in [1.54, 1.807) is 0 Å². The van der Waals surface area contributed by atoms with E-state index in [1.807, 2.05) is 19.2 Å². The second-order valence-electron chi connectivity index (χ2n) is 4.09. The fourth-order valence-corrected chi connectivity index (χ4v) is 1.89. The standard InChI is InChI=1S/C13H22N2O/c1-3-4-12(16)8-10-5-6-13(15-2)11(7-10)9-14/h5-7,12,15-16H,3-4,8-9,14H2,1-2H3. The minimum atomic E-state index is -0.240. The van der Waals surface area contributed by atoms with Gasteiger partial charge in [-0.1, -0.05) is 25.5 Å². The molecule has 4 N–H and O–H groups in total. The SMILES string of the molecule is CCCC(O)Cc1ccc(NC)c(CN)c1. The van der Waals surface area contributed by atoms with E-state index >= 15 is 0 Å². The van der Waals surface area contributed by atoms with E-state index in [4.69, 9.17) is 5.73 Å². The highest BCUT2D eigenvalue weighted by molar-refractivity contribution is 5.52. The molecule has 90 valence electrons. The van der Waals surface area contributed by atoms with Gasteiger partial charge in [0.05, 0.1) is 6.10 Å². The summed E-state index contributed by atoms with van der Waals surface area (Å²) in [6, 6.07) is 6.14. The Labute approximate surface area is 97.7 Å². The summed E-state index contributed by atoms with van der Waals surface area (Å²) < 4.78 is 0. The van der Waals surface area contributed by atoms with Gasteiger partial charge in [-0.2, -0.15) is 0 Å². The van der Waals surface area contributed by atoms with Gasteiger partial charge in [-0.25, -0.2) is 0 Å². The van der Waals surface area contributed by atoms with Gasteiger partial charge in [0.2, 0.25) is 0 Å². The molecular weight excluding hydrogens is 200 g/mol. The molecule has 0 fully saturated rings. The van der Waals surface area contributed by atoms with Crippen molar-refractivity contribution in [3.8, 4) is 0 Å². The third kappa shape index (κ3) is 3.51. The van der Waals surface area contributed by atoms with Crippen LogP contribution in [0, 0.1) is 0 Å². The molecule has 0 heterocycles. The van der Waals surface area contributed by atoms with Gasteiger partial charge in [0.25, 0.3) is 0 Å². The number of rotatable bonds is 6. The van der Waals surface area contributed by atoms with Gasteiger partial charge in [0, 0.05) is 19.3 Å². The molecule has 0 saturated carbocycles. The molecule has 0 radical (unpaired) electrons. The van der Waals surface area contributed by atoms with Crippen LogP contribution in [0.15, 0.2) is 18.2 Å². The summed E-state index contributed by atoms with van der Waals surface area (Å²) >= 11 is 0. The van der Waals surface area contributed by atoms with Crippen LogP contribution < -0.4 is 11.1 Å². The van der Waals surface area contributed by atoms with Gasteiger partial charge in [-0.15, -0.1) is 0 Å². The molecular formula is C13H22N2O. The number of benzene rings is 1. The van der Waals surface area contributed by atoms with Crippen LogP contribution in [0.3, 0.4) is 0 Å². The van der Waals surface area contributed by atoms with Crippen LogP contribution in [0.4, 0.5) is 5.69 Å². The lowest BCUT2D eigenvalue weighted by Gasteiger charge is -2.12. The monoisotopic (exact) mass is 222 g/mol. The van der Waals surface area contributed by atoms with E-state index in [2.05, 4.69) is 18.3 Å². The second-order valence-corrected chi connectivity index (χ2v) is 4.09. The minimum Gasteiger partial charge on any atom is -0.393 e. The van der Waals surface area contributed by atoms with Crippen molar-refractivity contribution in [3.05, 3.63) is 29.3 Å². The number of anilines is 1. The maximum atomic E-state index is 9.75. The van der Waals surface area contributed by atoms with Crippen molar-refractivity contribution in [3.63, 3.8) is 0 Å². The first-order valence-corrected chi connectivity index (χ1v) is 5.89. The molecule has 0 aliphatic heterocycles. The first-order valence-electron chi connectivity index (χ1n) is 5.89. The Morgan fingerprint density at radius 2 is 2.19 bits per heavy atom. The summed E-state index contributed by atoms with van der Waals surface area (Å²) in [6.07, 6.45) is 2.34. The Balaban J connectivity index is 2.74. The topological polar surface area (TPSA) is 58.3 Å². The summed E-state index contributed by atoms with van der Waals surface area (Å²) in [5.74, 6) is 0. The van der Waals surface area contributed by atoms with Crippen molar-refractivity contribution in [1.82, 2.24) is 0 Å². The van der Waals surface area contributed by atoms with Crippen LogP contribution in [-0.2, 0) is 13.0 Å². The lowest BCUT2D eigenvalue weighted by Crippen LogP contribution is -2.11. The molecule has 16 heavy (non-hydrogen) atoms. The Morgan fingerprint density at radius 1 is 1.44 bits per heavy atom. The van der Waals surface area contributed by atoms with E-state index in [1.165, 1.54) is 0 Å². The summed E-state index contributed by atoms with van der Waals surface area (Å²) in [5, 5.41) is 12.9. The molecule has 3 nitrogen and oxygen atoms in total. The molecule has 3 heteroatoms. The average Bonchev–Trinajstić information content (AvgIpc) is 2.29. The fourth-order valence-electron chi connectivity index (χ4n) is 1.89. The predicted molar refractivity (Wildman–Crippen MR) is 68.5 cm³/mol. The van der Waals surface area contributed by atoms with E-state index in [0.29, 0.717) is 13.0 Å². The Morgan fingerprint density at radius 3 is 2.75 bits per heavy atom. The zero-order chi connectivity index (χ0) is 12.0.